The van der Waals surface area contributed by atoms with E-state index in [1.165, 1.54) is 7.11 Å². The molecule has 0 unspecified atom stereocenters. The number of allylic oxidation sites excluding steroid dienone is 1. The zero-order valence-electron chi connectivity index (χ0n) is 16.3. The molecule has 1 aromatic carbocycles. The number of halogens is 1. The van der Waals surface area contributed by atoms with Crippen molar-refractivity contribution in [1.29, 1.82) is 0 Å². The van der Waals surface area contributed by atoms with Crippen molar-refractivity contribution in [3.05, 3.63) is 38.0 Å². The van der Waals surface area contributed by atoms with Gasteiger partial charge in [0.1, 0.15) is 5.25 Å². The number of sulfone groups is 1. The van der Waals surface area contributed by atoms with E-state index in [2.05, 4.69) is 0 Å². The average molecular weight is 522 g/mol. The van der Waals surface area contributed by atoms with Crippen molar-refractivity contribution in [2.24, 2.45) is 0 Å². The van der Waals surface area contributed by atoms with Crippen molar-refractivity contribution in [2.45, 2.75) is 44.5 Å². The lowest BCUT2D eigenvalue weighted by atomic mass is 9.94. The first-order valence-electron chi connectivity index (χ1n) is 9.10. The summed E-state index contributed by atoms with van der Waals surface area (Å²) in [6.45, 7) is 3.21. The summed E-state index contributed by atoms with van der Waals surface area (Å²) in [4.78, 5) is 0. The van der Waals surface area contributed by atoms with Gasteiger partial charge in [-0.15, -0.1) is 0 Å². The van der Waals surface area contributed by atoms with Crippen LogP contribution in [0, 0.1) is 3.57 Å². The van der Waals surface area contributed by atoms with E-state index in [9.17, 15) is 23.7 Å². The minimum Gasteiger partial charge on any atom is -0.504 e. The number of hydrogen-bond acceptors (Lipinski definition) is 6. The summed E-state index contributed by atoms with van der Waals surface area (Å²) in [5.41, 5.74) is 3.05. The molecule has 0 aromatic heterocycles. The van der Waals surface area contributed by atoms with Crippen LogP contribution in [0.25, 0.3) is 6.08 Å². The lowest BCUT2D eigenvalue weighted by molar-refractivity contribution is 0.188. The standard InChI is InChI=1S/C20H27IO6S/c1-4-13(7-14-8-15(21)20(24)17(9-14)27-3)5-6-16(23)19-12(2)11-28(25,26)18(19)10-22/h7-9,16,18,22-24H,4-6,10-11H2,1-3H3/b13-7+/t16-,18+/m1/s1. The Bertz CT molecular complexity index is 888. The zero-order chi connectivity index (χ0) is 21.1. The Hall–Kier alpha value is -1.10. The largest absolute Gasteiger partial charge is 0.504 e. The maximum absolute atomic E-state index is 12.1. The van der Waals surface area contributed by atoms with Crippen LogP contribution in [0.5, 0.6) is 11.5 Å². The van der Waals surface area contributed by atoms with Crippen molar-refractivity contribution >= 4 is 38.5 Å². The molecule has 28 heavy (non-hydrogen) atoms. The first kappa shape index (κ1) is 23.2. The predicted octanol–water partition coefficient (Wildman–Crippen LogP) is 3.05. The molecule has 0 saturated heterocycles. The summed E-state index contributed by atoms with van der Waals surface area (Å²) in [6, 6.07) is 3.60. The Labute approximate surface area is 180 Å². The van der Waals surface area contributed by atoms with E-state index in [0.29, 0.717) is 33.3 Å². The molecule has 8 heteroatoms. The average Bonchev–Trinajstić information content (AvgIpc) is 2.88. The van der Waals surface area contributed by atoms with Gasteiger partial charge in [-0.05, 0) is 72.0 Å². The van der Waals surface area contributed by atoms with Crippen LogP contribution in [0.4, 0.5) is 0 Å². The second-order valence-corrected chi connectivity index (χ2v) is 10.3. The van der Waals surface area contributed by atoms with Crippen LogP contribution in [-0.4, -0.2) is 54.6 Å². The van der Waals surface area contributed by atoms with Crippen LogP contribution in [0.15, 0.2) is 28.9 Å². The molecule has 0 radical (unpaired) electrons. The fraction of sp³-hybridized carbons (Fsp3) is 0.500. The second kappa shape index (κ2) is 9.60. The minimum atomic E-state index is -3.43. The van der Waals surface area contributed by atoms with Crippen molar-refractivity contribution in [3.63, 3.8) is 0 Å². The summed E-state index contributed by atoms with van der Waals surface area (Å²) >= 11 is 2.04. The van der Waals surface area contributed by atoms with Gasteiger partial charge in [0, 0.05) is 0 Å². The molecular weight excluding hydrogens is 495 g/mol. The van der Waals surface area contributed by atoms with E-state index in [1.807, 2.05) is 41.7 Å². The van der Waals surface area contributed by atoms with Gasteiger partial charge in [0.2, 0.25) is 0 Å². The maximum Gasteiger partial charge on any atom is 0.171 e. The molecule has 0 bridgehead atoms. The van der Waals surface area contributed by atoms with Crippen molar-refractivity contribution < 1.29 is 28.5 Å². The van der Waals surface area contributed by atoms with E-state index >= 15 is 0 Å². The van der Waals surface area contributed by atoms with Gasteiger partial charge in [-0.1, -0.05) is 24.1 Å². The Kier molecular flexibility index (Phi) is 7.95. The quantitative estimate of drug-likeness (QED) is 0.358. The molecule has 0 aliphatic carbocycles. The normalized spacial score (nSPS) is 20.5. The highest BCUT2D eigenvalue weighted by atomic mass is 127. The van der Waals surface area contributed by atoms with E-state index in [1.54, 1.807) is 13.0 Å². The highest BCUT2D eigenvalue weighted by molar-refractivity contribution is 14.1. The molecule has 0 saturated carbocycles. The molecule has 1 heterocycles. The number of hydrogen-bond donors (Lipinski definition) is 3. The van der Waals surface area contributed by atoms with Crippen LogP contribution >= 0.6 is 22.6 Å². The van der Waals surface area contributed by atoms with Crippen LogP contribution in [0.1, 0.15) is 38.7 Å². The number of aliphatic hydroxyl groups excluding tert-OH is 2. The van der Waals surface area contributed by atoms with Crippen LogP contribution in [0.2, 0.25) is 0 Å². The number of benzene rings is 1. The number of phenolic OH excluding ortho intramolecular Hbond substituents is 1. The third-order valence-corrected chi connectivity index (χ3v) is 7.98. The van der Waals surface area contributed by atoms with E-state index < -0.39 is 27.8 Å². The number of phenols is 1. The molecule has 0 spiro atoms. The first-order valence-corrected chi connectivity index (χ1v) is 11.9. The Balaban J connectivity index is 2.17. The first-order chi connectivity index (χ1) is 13.1. The Morgan fingerprint density at radius 2 is 2.11 bits per heavy atom. The van der Waals surface area contributed by atoms with E-state index in [-0.39, 0.29) is 11.5 Å². The van der Waals surface area contributed by atoms with Gasteiger partial charge in [-0.25, -0.2) is 8.42 Å². The van der Waals surface area contributed by atoms with Gasteiger partial charge in [-0.3, -0.25) is 0 Å². The molecule has 156 valence electrons. The lowest BCUT2D eigenvalue weighted by Crippen LogP contribution is -2.29. The van der Waals surface area contributed by atoms with Gasteiger partial charge >= 0.3 is 0 Å². The number of ether oxygens (including phenoxy) is 1. The summed E-state index contributed by atoms with van der Waals surface area (Å²) in [6.07, 6.45) is 2.83. The predicted molar refractivity (Wildman–Crippen MR) is 118 cm³/mol. The van der Waals surface area contributed by atoms with Gasteiger partial charge < -0.3 is 20.1 Å². The van der Waals surface area contributed by atoms with Gasteiger partial charge in [0.05, 0.1) is 29.1 Å². The van der Waals surface area contributed by atoms with Crippen molar-refractivity contribution in [1.82, 2.24) is 0 Å². The van der Waals surface area contributed by atoms with Gasteiger partial charge in [0.15, 0.2) is 21.3 Å². The monoisotopic (exact) mass is 522 g/mol. The fourth-order valence-corrected chi connectivity index (χ4v) is 6.13. The molecule has 1 aliphatic heterocycles. The zero-order valence-corrected chi connectivity index (χ0v) is 19.2. The van der Waals surface area contributed by atoms with Crippen molar-refractivity contribution in [2.75, 3.05) is 19.5 Å². The molecule has 3 N–H and O–H groups in total. The van der Waals surface area contributed by atoms with E-state index in [0.717, 1.165) is 17.6 Å². The van der Waals surface area contributed by atoms with Crippen molar-refractivity contribution in [3.8, 4) is 11.5 Å². The fourth-order valence-electron chi connectivity index (χ4n) is 3.56. The van der Waals surface area contributed by atoms with Crippen LogP contribution in [-0.2, 0) is 9.84 Å². The molecule has 2 rings (SSSR count). The molecule has 1 aliphatic rings. The number of rotatable bonds is 8. The SMILES string of the molecule is CC/C(=C\c1cc(I)c(O)c(OC)c1)CC[C@@H](O)C1=C(C)CS(=O)(=O)[C@H]1CO. The summed E-state index contributed by atoms with van der Waals surface area (Å²) in [5, 5.41) is 29.1. The highest BCUT2D eigenvalue weighted by Crippen LogP contribution is 2.34. The lowest BCUT2D eigenvalue weighted by Gasteiger charge is -2.19. The maximum atomic E-state index is 12.1. The summed E-state index contributed by atoms with van der Waals surface area (Å²) < 4.78 is 30.1. The van der Waals surface area contributed by atoms with Crippen LogP contribution < -0.4 is 4.74 Å². The number of aliphatic hydroxyl groups is 2. The molecular formula is C20H27IO6S. The van der Waals surface area contributed by atoms with E-state index in [4.69, 9.17) is 4.74 Å². The number of aromatic hydroxyl groups is 1. The smallest absolute Gasteiger partial charge is 0.171 e. The molecule has 6 nitrogen and oxygen atoms in total. The topological polar surface area (TPSA) is 104 Å². The second-order valence-electron chi connectivity index (χ2n) is 6.98. The summed E-state index contributed by atoms with van der Waals surface area (Å²) in [7, 11) is -1.93. The third kappa shape index (κ3) is 5.08. The molecule has 0 amide bonds. The van der Waals surface area contributed by atoms with Gasteiger partial charge in [-0.2, -0.15) is 0 Å². The van der Waals surface area contributed by atoms with Crippen LogP contribution in [0.3, 0.4) is 0 Å². The summed E-state index contributed by atoms with van der Waals surface area (Å²) in [5.74, 6) is 0.400. The van der Waals surface area contributed by atoms with Gasteiger partial charge in [0.25, 0.3) is 0 Å². The molecule has 2 atom stereocenters. The Morgan fingerprint density at radius 3 is 2.68 bits per heavy atom. The number of methoxy groups -OCH3 is 1. The highest BCUT2D eigenvalue weighted by Gasteiger charge is 2.39. The Morgan fingerprint density at radius 1 is 1.43 bits per heavy atom. The molecule has 0 fully saturated rings. The minimum absolute atomic E-state index is 0.104. The third-order valence-electron chi connectivity index (χ3n) is 5.05. The molecule has 1 aromatic rings.